The highest BCUT2D eigenvalue weighted by molar-refractivity contribution is 4.69. The van der Waals surface area contributed by atoms with Gasteiger partial charge >= 0.3 is 0 Å². The first kappa shape index (κ1) is 12.9. The standard InChI is InChI=1S/C11H25NO/c1-5-6-8-13-9-7-11(2,3)10-12-4/h12H,5-10H2,1-4H3. The van der Waals surface area contributed by atoms with Crippen molar-refractivity contribution in [3.8, 4) is 0 Å². The average Bonchev–Trinajstić information content (AvgIpc) is 2.04. The van der Waals surface area contributed by atoms with Crippen molar-refractivity contribution in [3.05, 3.63) is 0 Å². The van der Waals surface area contributed by atoms with Gasteiger partial charge in [-0.05, 0) is 25.3 Å². The summed E-state index contributed by atoms with van der Waals surface area (Å²) in [5, 5.41) is 3.20. The van der Waals surface area contributed by atoms with Crippen molar-refractivity contribution in [2.75, 3.05) is 26.8 Å². The number of hydrogen-bond acceptors (Lipinski definition) is 2. The Hall–Kier alpha value is -0.0800. The maximum absolute atomic E-state index is 5.53. The van der Waals surface area contributed by atoms with E-state index in [1.807, 2.05) is 7.05 Å². The lowest BCUT2D eigenvalue weighted by Crippen LogP contribution is -2.27. The quantitative estimate of drug-likeness (QED) is 0.589. The van der Waals surface area contributed by atoms with Crippen LogP contribution in [-0.4, -0.2) is 26.8 Å². The Bertz CT molecular complexity index is 113. The fourth-order valence-electron chi connectivity index (χ4n) is 1.26. The molecule has 0 bridgehead atoms. The van der Waals surface area contributed by atoms with Crippen LogP contribution in [0.1, 0.15) is 40.0 Å². The van der Waals surface area contributed by atoms with Crippen LogP contribution in [0.25, 0.3) is 0 Å². The zero-order valence-corrected chi connectivity index (χ0v) is 9.65. The number of ether oxygens (including phenoxy) is 1. The van der Waals surface area contributed by atoms with Crippen molar-refractivity contribution in [2.24, 2.45) is 5.41 Å². The molecule has 0 aromatic carbocycles. The summed E-state index contributed by atoms with van der Waals surface area (Å²) < 4.78 is 5.53. The van der Waals surface area contributed by atoms with Crippen molar-refractivity contribution in [2.45, 2.75) is 40.0 Å². The summed E-state index contributed by atoms with van der Waals surface area (Å²) in [6.45, 7) is 9.61. The second-order valence-electron chi connectivity index (χ2n) is 4.41. The van der Waals surface area contributed by atoms with Crippen molar-refractivity contribution in [1.29, 1.82) is 0 Å². The zero-order valence-electron chi connectivity index (χ0n) is 9.65. The van der Waals surface area contributed by atoms with Gasteiger partial charge in [0.2, 0.25) is 0 Å². The van der Waals surface area contributed by atoms with Gasteiger partial charge in [-0.2, -0.15) is 0 Å². The third-order valence-corrected chi connectivity index (χ3v) is 2.22. The Morgan fingerprint density at radius 2 is 1.92 bits per heavy atom. The van der Waals surface area contributed by atoms with E-state index in [1.54, 1.807) is 0 Å². The second-order valence-corrected chi connectivity index (χ2v) is 4.41. The molecule has 80 valence electrons. The molecule has 0 unspecified atom stereocenters. The van der Waals surface area contributed by atoms with Gasteiger partial charge in [0, 0.05) is 19.8 Å². The molecule has 2 heteroatoms. The fraction of sp³-hybridized carbons (Fsp3) is 1.00. The molecule has 0 spiro atoms. The Kier molecular flexibility index (Phi) is 7.29. The van der Waals surface area contributed by atoms with E-state index in [9.17, 15) is 0 Å². The first-order valence-corrected chi connectivity index (χ1v) is 5.35. The molecule has 0 saturated heterocycles. The molecule has 0 aliphatic rings. The molecule has 0 heterocycles. The van der Waals surface area contributed by atoms with Crippen molar-refractivity contribution >= 4 is 0 Å². The molecular formula is C11H25NO. The van der Waals surface area contributed by atoms with Gasteiger partial charge in [0.05, 0.1) is 0 Å². The minimum atomic E-state index is 0.362. The van der Waals surface area contributed by atoms with Crippen LogP contribution < -0.4 is 5.32 Å². The summed E-state index contributed by atoms with van der Waals surface area (Å²) in [6.07, 6.45) is 3.55. The highest BCUT2D eigenvalue weighted by atomic mass is 16.5. The third-order valence-electron chi connectivity index (χ3n) is 2.22. The van der Waals surface area contributed by atoms with Crippen LogP contribution in [0.4, 0.5) is 0 Å². The van der Waals surface area contributed by atoms with E-state index in [1.165, 1.54) is 12.8 Å². The van der Waals surface area contributed by atoms with Crippen molar-refractivity contribution in [3.63, 3.8) is 0 Å². The van der Waals surface area contributed by atoms with Gasteiger partial charge in [0.1, 0.15) is 0 Å². The van der Waals surface area contributed by atoms with Crippen LogP contribution in [0, 0.1) is 5.41 Å². The van der Waals surface area contributed by atoms with Gasteiger partial charge < -0.3 is 10.1 Å². The second kappa shape index (κ2) is 7.34. The lowest BCUT2D eigenvalue weighted by molar-refractivity contribution is 0.102. The first-order chi connectivity index (χ1) is 6.12. The van der Waals surface area contributed by atoms with Gasteiger partial charge in [0.25, 0.3) is 0 Å². The number of rotatable bonds is 8. The SMILES string of the molecule is CCCCOCCC(C)(C)CNC. The lowest BCUT2D eigenvalue weighted by atomic mass is 9.90. The minimum absolute atomic E-state index is 0.362. The van der Waals surface area contributed by atoms with Crippen molar-refractivity contribution < 1.29 is 4.74 Å². The summed E-state index contributed by atoms with van der Waals surface area (Å²) in [7, 11) is 2.00. The Labute approximate surface area is 83.1 Å². The highest BCUT2D eigenvalue weighted by Crippen LogP contribution is 2.18. The molecule has 0 fully saturated rings. The lowest BCUT2D eigenvalue weighted by Gasteiger charge is -2.23. The third kappa shape index (κ3) is 8.26. The molecule has 0 aromatic heterocycles. The van der Waals surface area contributed by atoms with Gasteiger partial charge in [-0.15, -0.1) is 0 Å². The van der Waals surface area contributed by atoms with Gasteiger partial charge in [0.15, 0.2) is 0 Å². The van der Waals surface area contributed by atoms with Crippen LogP contribution in [-0.2, 0) is 4.74 Å². The monoisotopic (exact) mass is 187 g/mol. The number of unbranched alkanes of at least 4 members (excludes halogenated alkanes) is 1. The molecule has 13 heavy (non-hydrogen) atoms. The molecule has 0 rings (SSSR count). The minimum Gasteiger partial charge on any atom is -0.381 e. The van der Waals surface area contributed by atoms with Crippen LogP contribution >= 0.6 is 0 Å². The highest BCUT2D eigenvalue weighted by Gasteiger charge is 2.15. The van der Waals surface area contributed by atoms with E-state index in [4.69, 9.17) is 4.74 Å². The summed E-state index contributed by atoms with van der Waals surface area (Å²) in [5.41, 5.74) is 0.362. The molecule has 0 radical (unpaired) electrons. The van der Waals surface area contributed by atoms with Gasteiger partial charge in [-0.1, -0.05) is 27.2 Å². The maximum atomic E-state index is 5.53. The maximum Gasteiger partial charge on any atom is 0.0471 e. The largest absolute Gasteiger partial charge is 0.381 e. The van der Waals surface area contributed by atoms with Crippen LogP contribution in [0.15, 0.2) is 0 Å². The first-order valence-electron chi connectivity index (χ1n) is 5.35. The summed E-state index contributed by atoms with van der Waals surface area (Å²) in [5.74, 6) is 0. The van der Waals surface area contributed by atoms with E-state index in [-0.39, 0.29) is 0 Å². The number of hydrogen-bond donors (Lipinski definition) is 1. The average molecular weight is 187 g/mol. The molecule has 0 amide bonds. The van der Waals surface area contributed by atoms with Gasteiger partial charge in [-0.25, -0.2) is 0 Å². The molecule has 0 saturated carbocycles. The molecule has 2 nitrogen and oxygen atoms in total. The van der Waals surface area contributed by atoms with E-state index >= 15 is 0 Å². The van der Waals surface area contributed by atoms with Crippen LogP contribution in [0.5, 0.6) is 0 Å². The zero-order chi connectivity index (χ0) is 10.2. The Morgan fingerprint density at radius 3 is 2.46 bits per heavy atom. The molecule has 1 N–H and O–H groups in total. The molecule has 0 atom stereocenters. The van der Waals surface area contributed by atoms with Crippen LogP contribution in [0.2, 0.25) is 0 Å². The Morgan fingerprint density at radius 1 is 1.23 bits per heavy atom. The fourth-order valence-corrected chi connectivity index (χ4v) is 1.26. The summed E-state index contributed by atoms with van der Waals surface area (Å²) >= 11 is 0. The topological polar surface area (TPSA) is 21.3 Å². The smallest absolute Gasteiger partial charge is 0.0471 e. The molecular weight excluding hydrogens is 162 g/mol. The number of nitrogens with one attached hydrogen (secondary N) is 1. The predicted octanol–water partition coefficient (Wildman–Crippen LogP) is 2.44. The van der Waals surface area contributed by atoms with E-state index < -0.39 is 0 Å². The van der Waals surface area contributed by atoms with Crippen LogP contribution in [0.3, 0.4) is 0 Å². The van der Waals surface area contributed by atoms with Gasteiger partial charge in [-0.3, -0.25) is 0 Å². The summed E-state index contributed by atoms with van der Waals surface area (Å²) in [6, 6.07) is 0. The van der Waals surface area contributed by atoms with Crippen molar-refractivity contribution in [1.82, 2.24) is 5.32 Å². The molecule has 0 aliphatic carbocycles. The molecule has 0 aromatic rings. The van der Waals surface area contributed by atoms with E-state index in [0.29, 0.717) is 5.41 Å². The molecule has 0 aliphatic heterocycles. The van der Waals surface area contributed by atoms with E-state index in [2.05, 4.69) is 26.1 Å². The summed E-state index contributed by atoms with van der Waals surface area (Å²) in [4.78, 5) is 0. The normalized spacial score (nSPS) is 12.0. The predicted molar refractivity (Wildman–Crippen MR) is 58.1 cm³/mol. The van der Waals surface area contributed by atoms with E-state index in [0.717, 1.165) is 26.2 Å². The Balaban J connectivity index is 3.29.